The maximum Gasteiger partial charge on any atom is 0.352 e. The van der Waals surface area contributed by atoms with Crippen molar-refractivity contribution in [3.8, 4) is 0 Å². The summed E-state index contributed by atoms with van der Waals surface area (Å²) >= 11 is 0. The lowest BCUT2D eigenvalue weighted by atomic mass is 10.2. The first-order valence-corrected chi connectivity index (χ1v) is 4.70. The molecule has 0 saturated heterocycles. The number of aliphatic carboxylic acids is 1. The standard InChI is InChI=1S/C10H13N3O2/c1-2-4-9(10(14)15)13-12-8-5-3-6-11-7-8/h3,5-7,12H,2,4H2,1H3,(H,14,15)/b13-9+. The number of carbonyl (C=O) groups is 1. The summed E-state index contributed by atoms with van der Waals surface area (Å²) < 4.78 is 0. The second-order valence-corrected chi connectivity index (χ2v) is 2.97. The van der Waals surface area contributed by atoms with Gasteiger partial charge in [0.25, 0.3) is 0 Å². The number of anilines is 1. The molecule has 0 atom stereocenters. The molecule has 5 nitrogen and oxygen atoms in total. The minimum absolute atomic E-state index is 0.126. The maximum absolute atomic E-state index is 10.7. The average Bonchev–Trinajstić information content (AvgIpc) is 2.25. The molecule has 80 valence electrons. The third-order valence-electron chi connectivity index (χ3n) is 1.72. The summed E-state index contributed by atoms with van der Waals surface area (Å²) in [6.45, 7) is 1.91. The summed E-state index contributed by atoms with van der Waals surface area (Å²) in [5.41, 5.74) is 3.46. The highest BCUT2D eigenvalue weighted by Gasteiger charge is 2.07. The van der Waals surface area contributed by atoms with Crippen LogP contribution < -0.4 is 5.43 Å². The molecule has 0 radical (unpaired) electrons. The van der Waals surface area contributed by atoms with Crippen LogP contribution in [0.15, 0.2) is 29.6 Å². The van der Waals surface area contributed by atoms with E-state index in [9.17, 15) is 4.79 Å². The predicted molar refractivity (Wildman–Crippen MR) is 57.8 cm³/mol. The van der Waals surface area contributed by atoms with Crippen LogP contribution in [-0.2, 0) is 4.79 Å². The predicted octanol–water partition coefficient (Wildman–Crippen LogP) is 1.73. The van der Waals surface area contributed by atoms with Crippen LogP contribution in [0.25, 0.3) is 0 Å². The van der Waals surface area contributed by atoms with E-state index in [0.29, 0.717) is 12.1 Å². The average molecular weight is 207 g/mol. The van der Waals surface area contributed by atoms with Crippen LogP contribution >= 0.6 is 0 Å². The second kappa shape index (κ2) is 5.74. The number of aromatic nitrogens is 1. The van der Waals surface area contributed by atoms with Crippen LogP contribution in [0.4, 0.5) is 5.69 Å². The lowest BCUT2D eigenvalue weighted by Crippen LogP contribution is -2.14. The van der Waals surface area contributed by atoms with Gasteiger partial charge in [-0.25, -0.2) is 4.79 Å². The molecule has 0 aliphatic carbocycles. The van der Waals surface area contributed by atoms with Crippen LogP contribution in [0.2, 0.25) is 0 Å². The van der Waals surface area contributed by atoms with E-state index in [0.717, 1.165) is 6.42 Å². The Bertz CT molecular complexity index is 349. The van der Waals surface area contributed by atoms with Crippen molar-refractivity contribution in [1.82, 2.24) is 4.98 Å². The van der Waals surface area contributed by atoms with Gasteiger partial charge < -0.3 is 5.11 Å². The quantitative estimate of drug-likeness (QED) is 0.569. The molecule has 0 amide bonds. The number of pyridine rings is 1. The topological polar surface area (TPSA) is 74.6 Å². The van der Waals surface area contributed by atoms with Crippen LogP contribution in [0.3, 0.4) is 0 Å². The summed E-state index contributed by atoms with van der Waals surface area (Å²) in [6.07, 6.45) is 4.41. The van der Waals surface area contributed by atoms with Gasteiger partial charge in [0.05, 0.1) is 11.9 Å². The number of hydrogen-bond donors (Lipinski definition) is 2. The molecular formula is C10H13N3O2. The Morgan fingerprint density at radius 3 is 3.00 bits per heavy atom. The highest BCUT2D eigenvalue weighted by molar-refractivity contribution is 6.35. The van der Waals surface area contributed by atoms with Crippen molar-refractivity contribution in [1.29, 1.82) is 0 Å². The number of carboxylic acid groups (broad SMARTS) is 1. The van der Waals surface area contributed by atoms with Crippen LogP contribution in [0.1, 0.15) is 19.8 Å². The number of rotatable bonds is 5. The highest BCUT2D eigenvalue weighted by atomic mass is 16.4. The normalized spacial score (nSPS) is 11.1. The molecule has 15 heavy (non-hydrogen) atoms. The SMILES string of the molecule is CCC/C(=N\Nc1cccnc1)C(=O)O. The fourth-order valence-electron chi connectivity index (χ4n) is 1.01. The zero-order valence-corrected chi connectivity index (χ0v) is 8.47. The van der Waals surface area contributed by atoms with E-state index in [1.165, 1.54) is 0 Å². The van der Waals surface area contributed by atoms with Gasteiger partial charge in [-0.2, -0.15) is 5.10 Å². The number of nitrogens with one attached hydrogen (secondary N) is 1. The summed E-state index contributed by atoms with van der Waals surface area (Å²) in [6, 6.07) is 3.51. The van der Waals surface area contributed by atoms with Crippen LogP contribution in [0.5, 0.6) is 0 Å². The summed E-state index contributed by atoms with van der Waals surface area (Å²) in [7, 11) is 0. The first-order valence-electron chi connectivity index (χ1n) is 4.70. The van der Waals surface area contributed by atoms with Gasteiger partial charge in [0.2, 0.25) is 0 Å². The molecule has 0 spiro atoms. The minimum atomic E-state index is -0.992. The summed E-state index contributed by atoms with van der Waals surface area (Å²) in [5.74, 6) is -0.992. The van der Waals surface area contributed by atoms with Gasteiger partial charge in [-0.1, -0.05) is 13.3 Å². The second-order valence-electron chi connectivity index (χ2n) is 2.97. The molecule has 0 saturated carbocycles. The number of hydrazone groups is 1. The van der Waals surface area contributed by atoms with Crippen LogP contribution in [0, 0.1) is 0 Å². The third kappa shape index (κ3) is 3.76. The van der Waals surface area contributed by atoms with E-state index < -0.39 is 5.97 Å². The van der Waals surface area contributed by atoms with Crippen LogP contribution in [-0.4, -0.2) is 21.8 Å². The van der Waals surface area contributed by atoms with Crippen molar-refractivity contribution >= 4 is 17.4 Å². The molecule has 1 aromatic heterocycles. The molecule has 1 rings (SSSR count). The smallest absolute Gasteiger partial charge is 0.352 e. The first kappa shape index (κ1) is 11.2. The largest absolute Gasteiger partial charge is 0.477 e. The van der Waals surface area contributed by atoms with E-state index in [1.807, 2.05) is 6.92 Å². The van der Waals surface area contributed by atoms with E-state index in [1.54, 1.807) is 24.5 Å². The van der Waals surface area contributed by atoms with Gasteiger partial charge >= 0.3 is 5.97 Å². The molecule has 1 aromatic rings. The number of carboxylic acids is 1. The Hall–Kier alpha value is -1.91. The summed E-state index contributed by atoms with van der Waals surface area (Å²) in [4.78, 5) is 14.6. The van der Waals surface area contributed by atoms with Crippen molar-refractivity contribution in [2.75, 3.05) is 5.43 Å². The maximum atomic E-state index is 10.7. The van der Waals surface area contributed by atoms with Gasteiger partial charge in [0.15, 0.2) is 0 Å². The zero-order valence-electron chi connectivity index (χ0n) is 8.47. The Morgan fingerprint density at radius 2 is 2.47 bits per heavy atom. The molecule has 2 N–H and O–H groups in total. The molecule has 0 aromatic carbocycles. The Balaban J connectivity index is 2.65. The van der Waals surface area contributed by atoms with Crippen molar-refractivity contribution in [2.24, 2.45) is 5.10 Å². The van der Waals surface area contributed by atoms with E-state index in [2.05, 4.69) is 15.5 Å². The molecule has 0 bridgehead atoms. The zero-order chi connectivity index (χ0) is 11.1. The fourth-order valence-corrected chi connectivity index (χ4v) is 1.01. The Morgan fingerprint density at radius 1 is 1.67 bits per heavy atom. The molecule has 0 fully saturated rings. The number of hydrogen-bond acceptors (Lipinski definition) is 4. The fraction of sp³-hybridized carbons (Fsp3) is 0.300. The Kier molecular flexibility index (Phi) is 4.28. The van der Waals surface area contributed by atoms with Crippen molar-refractivity contribution in [3.05, 3.63) is 24.5 Å². The van der Waals surface area contributed by atoms with Gasteiger partial charge in [-0.3, -0.25) is 10.4 Å². The lowest BCUT2D eigenvalue weighted by molar-refractivity contribution is -0.129. The monoisotopic (exact) mass is 207 g/mol. The first-order chi connectivity index (χ1) is 7.24. The summed E-state index contributed by atoms with van der Waals surface area (Å²) in [5, 5.41) is 12.6. The molecule has 0 aliphatic rings. The van der Waals surface area contributed by atoms with Gasteiger partial charge in [-0.05, 0) is 18.6 Å². The van der Waals surface area contributed by atoms with E-state index in [4.69, 9.17) is 5.11 Å². The molecule has 1 heterocycles. The van der Waals surface area contributed by atoms with Crippen molar-refractivity contribution in [3.63, 3.8) is 0 Å². The third-order valence-corrected chi connectivity index (χ3v) is 1.72. The van der Waals surface area contributed by atoms with Gasteiger partial charge in [0.1, 0.15) is 5.71 Å². The molecule has 0 unspecified atom stereocenters. The Labute approximate surface area is 87.8 Å². The van der Waals surface area contributed by atoms with E-state index >= 15 is 0 Å². The van der Waals surface area contributed by atoms with E-state index in [-0.39, 0.29) is 5.71 Å². The lowest BCUT2D eigenvalue weighted by Gasteiger charge is -2.01. The number of nitrogens with zero attached hydrogens (tertiary/aromatic N) is 2. The van der Waals surface area contributed by atoms with Crippen molar-refractivity contribution in [2.45, 2.75) is 19.8 Å². The van der Waals surface area contributed by atoms with Crippen molar-refractivity contribution < 1.29 is 9.90 Å². The minimum Gasteiger partial charge on any atom is -0.477 e. The molecule has 0 aliphatic heterocycles. The molecule has 5 heteroatoms. The molecular weight excluding hydrogens is 194 g/mol. The van der Waals surface area contributed by atoms with Gasteiger partial charge in [0, 0.05) is 6.20 Å². The highest BCUT2D eigenvalue weighted by Crippen LogP contribution is 2.03. The van der Waals surface area contributed by atoms with Gasteiger partial charge in [-0.15, -0.1) is 0 Å².